The zero-order valence-electron chi connectivity index (χ0n) is 9.72. The van der Waals surface area contributed by atoms with Gasteiger partial charge in [0.25, 0.3) is 0 Å². The van der Waals surface area contributed by atoms with Gasteiger partial charge in [-0.3, -0.25) is 4.68 Å². The van der Waals surface area contributed by atoms with Gasteiger partial charge in [0.05, 0.1) is 12.2 Å². The highest BCUT2D eigenvalue weighted by molar-refractivity contribution is 5.18. The van der Waals surface area contributed by atoms with Gasteiger partial charge in [-0.15, -0.1) is 0 Å². The third-order valence-electron chi connectivity index (χ3n) is 2.70. The molecule has 1 heterocycles. The summed E-state index contributed by atoms with van der Waals surface area (Å²) in [6.45, 7) is 4.78. The summed E-state index contributed by atoms with van der Waals surface area (Å²) in [5.74, 6) is 0. The van der Waals surface area contributed by atoms with Gasteiger partial charge in [-0.2, -0.15) is 5.10 Å². The van der Waals surface area contributed by atoms with Gasteiger partial charge in [-0.05, 0) is 25.5 Å². The number of nitrogens with zero attached hydrogens (tertiary/aromatic N) is 2. The van der Waals surface area contributed by atoms with Crippen LogP contribution in [0.15, 0.2) is 36.4 Å². The Morgan fingerprint density at radius 1 is 1.25 bits per heavy atom. The first kappa shape index (κ1) is 10.9. The maximum atomic E-state index is 6.14. The molecule has 1 aromatic carbocycles. The van der Waals surface area contributed by atoms with Gasteiger partial charge in [0.1, 0.15) is 0 Å². The van der Waals surface area contributed by atoms with Gasteiger partial charge in [-0.25, -0.2) is 0 Å². The summed E-state index contributed by atoms with van der Waals surface area (Å²) in [5, 5.41) is 4.41. The Labute approximate surface area is 95.9 Å². The third kappa shape index (κ3) is 2.31. The van der Waals surface area contributed by atoms with E-state index in [0.29, 0.717) is 0 Å². The largest absolute Gasteiger partial charge is 0.322 e. The molecule has 84 valence electrons. The van der Waals surface area contributed by atoms with Crippen LogP contribution in [-0.4, -0.2) is 9.78 Å². The van der Waals surface area contributed by atoms with E-state index >= 15 is 0 Å². The van der Waals surface area contributed by atoms with Crippen LogP contribution in [0.25, 0.3) is 0 Å². The number of aromatic nitrogens is 2. The lowest BCUT2D eigenvalue weighted by Gasteiger charge is -2.13. The van der Waals surface area contributed by atoms with E-state index in [9.17, 15) is 0 Å². The van der Waals surface area contributed by atoms with E-state index in [1.54, 1.807) is 0 Å². The highest BCUT2D eigenvalue weighted by atomic mass is 15.3. The topological polar surface area (TPSA) is 43.8 Å². The summed E-state index contributed by atoms with van der Waals surface area (Å²) in [6.07, 6.45) is 0. The zero-order chi connectivity index (χ0) is 11.5. The maximum absolute atomic E-state index is 6.14. The Kier molecular flexibility index (Phi) is 3.06. The second kappa shape index (κ2) is 4.49. The van der Waals surface area contributed by atoms with E-state index < -0.39 is 0 Å². The van der Waals surface area contributed by atoms with Gasteiger partial charge in [0.2, 0.25) is 0 Å². The predicted octanol–water partition coefficient (Wildman–Crippen LogP) is 2.20. The van der Waals surface area contributed by atoms with Crippen molar-refractivity contribution in [1.82, 2.24) is 9.78 Å². The average Bonchev–Trinajstić information content (AvgIpc) is 2.59. The Morgan fingerprint density at radius 3 is 2.50 bits per heavy atom. The third-order valence-corrected chi connectivity index (χ3v) is 2.70. The summed E-state index contributed by atoms with van der Waals surface area (Å²) < 4.78 is 1.97. The van der Waals surface area contributed by atoms with Crippen LogP contribution in [0, 0.1) is 13.8 Å². The Hall–Kier alpha value is -1.61. The molecule has 1 atom stereocenters. The van der Waals surface area contributed by atoms with Crippen molar-refractivity contribution in [2.75, 3.05) is 0 Å². The van der Waals surface area contributed by atoms with Crippen LogP contribution in [0.1, 0.15) is 23.0 Å². The molecule has 0 amide bonds. The van der Waals surface area contributed by atoms with E-state index in [-0.39, 0.29) is 6.04 Å². The van der Waals surface area contributed by atoms with E-state index in [1.807, 2.05) is 29.8 Å². The highest BCUT2D eigenvalue weighted by Gasteiger charge is 2.08. The molecule has 0 unspecified atom stereocenters. The molecule has 0 fully saturated rings. The number of aryl methyl sites for hydroxylation is 2. The number of benzene rings is 1. The van der Waals surface area contributed by atoms with Crippen molar-refractivity contribution in [2.45, 2.75) is 26.4 Å². The SMILES string of the molecule is Cc1cc(C)n(C[C@@H](N)c2ccccc2)n1. The molecular weight excluding hydrogens is 198 g/mol. The first-order valence-corrected chi connectivity index (χ1v) is 5.48. The highest BCUT2D eigenvalue weighted by Crippen LogP contribution is 2.13. The summed E-state index contributed by atoms with van der Waals surface area (Å²) >= 11 is 0. The van der Waals surface area contributed by atoms with E-state index in [1.165, 1.54) is 0 Å². The average molecular weight is 215 g/mol. The summed E-state index contributed by atoms with van der Waals surface area (Å²) in [7, 11) is 0. The minimum absolute atomic E-state index is 0.000741. The monoisotopic (exact) mass is 215 g/mol. The molecule has 1 aromatic heterocycles. The van der Waals surface area contributed by atoms with Crippen molar-refractivity contribution >= 4 is 0 Å². The number of rotatable bonds is 3. The van der Waals surface area contributed by atoms with Crippen molar-refractivity contribution in [3.8, 4) is 0 Å². The summed E-state index contributed by atoms with van der Waals surface area (Å²) in [5.41, 5.74) is 9.49. The molecule has 0 aliphatic carbocycles. The van der Waals surface area contributed by atoms with Gasteiger partial charge >= 0.3 is 0 Å². The zero-order valence-corrected chi connectivity index (χ0v) is 9.72. The Bertz CT molecular complexity index is 459. The summed E-state index contributed by atoms with van der Waals surface area (Å²) in [4.78, 5) is 0. The molecule has 2 N–H and O–H groups in total. The normalized spacial score (nSPS) is 12.7. The van der Waals surface area contributed by atoms with Crippen LogP contribution in [-0.2, 0) is 6.54 Å². The first-order valence-electron chi connectivity index (χ1n) is 5.48. The second-order valence-corrected chi connectivity index (χ2v) is 4.13. The molecule has 2 rings (SSSR count). The fourth-order valence-corrected chi connectivity index (χ4v) is 1.85. The lowest BCUT2D eigenvalue weighted by Crippen LogP contribution is -2.19. The molecule has 0 bridgehead atoms. The van der Waals surface area contributed by atoms with E-state index in [4.69, 9.17) is 5.73 Å². The molecule has 0 saturated heterocycles. The Balaban J connectivity index is 2.14. The van der Waals surface area contributed by atoms with Crippen LogP contribution >= 0.6 is 0 Å². The van der Waals surface area contributed by atoms with Crippen LogP contribution in [0.3, 0.4) is 0 Å². The van der Waals surface area contributed by atoms with Crippen LogP contribution in [0.5, 0.6) is 0 Å². The van der Waals surface area contributed by atoms with Crippen LogP contribution in [0.2, 0.25) is 0 Å². The summed E-state index contributed by atoms with van der Waals surface area (Å²) in [6, 6.07) is 12.2. The van der Waals surface area contributed by atoms with Gasteiger partial charge in [-0.1, -0.05) is 30.3 Å². The number of hydrogen-bond donors (Lipinski definition) is 1. The fourth-order valence-electron chi connectivity index (χ4n) is 1.85. The number of nitrogens with two attached hydrogens (primary N) is 1. The maximum Gasteiger partial charge on any atom is 0.0605 e. The molecule has 0 spiro atoms. The fraction of sp³-hybridized carbons (Fsp3) is 0.308. The first-order chi connectivity index (χ1) is 7.66. The molecule has 3 nitrogen and oxygen atoms in total. The standard InChI is InChI=1S/C13H17N3/c1-10-8-11(2)16(15-10)9-13(14)12-6-4-3-5-7-12/h3-8,13H,9,14H2,1-2H3/t13-/m1/s1. The smallest absolute Gasteiger partial charge is 0.0605 e. The lowest BCUT2D eigenvalue weighted by molar-refractivity contribution is 0.515. The van der Waals surface area contributed by atoms with Gasteiger partial charge in [0.15, 0.2) is 0 Å². The number of hydrogen-bond acceptors (Lipinski definition) is 2. The van der Waals surface area contributed by atoms with Crippen molar-refractivity contribution in [2.24, 2.45) is 5.73 Å². The molecule has 3 heteroatoms. The van der Waals surface area contributed by atoms with Crippen molar-refractivity contribution < 1.29 is 0 Å². The minimum atomic E-state index is -0.000741. The molecule has 16 heavy (non-hydrogen) atoms. The second-order valence-electron chi connectivity index (χ2n) is 4.13. The van der Waals surface area contributed by atoms with E-state index in [0.717, 1.165) is 23.5 Å². The van der Waals surface area contributed by atoms with Gasteiger partial charge in [0, 0.05) is 11.7 Å². The molecule has 2 aromatic rings. The molecule has 0 saturated carbocycles. The van der Waals surface area contributed by atoms with Crippen molar-refractivity contribution in [1.29, 1.82) is 0 Å². The molecule has 0 aliphatic rings. The molecule has 0 radical (unpaired) electrons. The molecular formula is C13H17N3. The molecule has 0 aliphatic heterocycles. The minimum Gasteiger partial charge on any atom is -0.322 e. The van der Waals surface area contributed by atoms with Gasteiger partial charge < -0.3 is 5.73 Å². The van der Waals surface area contributed by atoms with E-state index in [2.05, 4.69) is 30.2 Å². The van der Waals surface area contributed by atoms with Crippen molar-refractivity contribution in [3.05, 3.63) is 53.3 Å². The Morgan fingerprint density at radius 2 is 1.94 bits per heavy atom. The quantitative estimate of drug-likeness (QED) is 0.853. The van der Waals surface area contributed by atoms with Crippen LogP contribution < -0.4 is 5.73 Å². The van der Waals surface area contributed by atoms with Crippen LogP contribution in [0.4, 0.5) is 0 Å². The lowest BCUT2D eigenvalue weighted by atomic mass is 10.1. The van der Waals surface area contributed by atoms with Crippen molar-refractivity contribution in [3.63, 3.8) is 0 Å². The predicted molar refractivity (Wildman–Crippen MR) is 65.1 cm³/mol.